The Labute approximate surface area is 101 Å². The van der Waals surface area contributed by atoms with Gasteiger partial charge in [-0.2, -0.15) is 8.42 Å². The summed E-state index contributed by atoms with van der Waals surface area (Å²) in [6.07, 6.45) is 2.35. The molecule has 0 fully saturated rings. The van der Waals surface area contributed by atoms with Crippen molar-refractivity contribution < 1.29 is 8.42 Å². The van der Waals surface area contributed by atoms with Gasteiger partial charge < -0.3 is 0 Å². The van der Waals surface area contributed by atoms with Crippen LogP contribution in [0.15, 0.2) is 41.8 Å². The Morgan fingerprint density at radius 3 is 2.44 bits per heavy atom. The molecule has 2 aromatic rings. The molecule has 0 radical (unpaired) electrons. The Hall–Kier alpha value is -1.21. The van der Waals surface area contributed by atoms with Crippen molar-refractivity contribution in [3.05, 3.63) is 42.5 Å². The summed E-state index contributed by atoms with van der Waals surface area (Å²) in [6, 6.07) is 6.60. The van der Waals surface area contributed by atoms with Gasteiger partial charge in [-0.15, -0.1) is 9.19 Å². The predicted molar refractivity (Wildman–Crippen MR) is 61.7 cm³/mol. The number of hydrogen-bond donors (Lipinski definition) is 0. The third-order valence-electron chi connectivity index (χ3n) is 2.02. The van der Waals surface area contributed by atoms with Crippen LogP contribution in [-0.2, 0) is 15.4 Å². The fourth-order valence-electron chi connectivity index (χ4n) is 1.18. The van der Waals surface area contributed by atoms with E-state index in [2.05, 4.69) is 26.0 Å². The largest absolute Gasteiger partial charge is 0.284 e. The van der Waals surface area contributed by atoms with E-state index in [1.807, 2.05) is 0 Å². The third kappa shape index (κ3) is 2.00. The first-order valence-electron chi connectivity index (χ1n) is 4.40. The van der Waals surface area contributed by atoms with E-state index in [4.69, 9.17) is 0 Å². The third-order valence-corrected chi connectivity index (χ3v) is 4.22. The lowest BCUT2D eigenvalue weighted by Crippen LogP contribution is -2.13. The van der Waals surface area contributed by atoms with Gasteiger partial charge in [-0.3, -0.25) is 0 Å². The first-order valence-corrected chi connectivity index (χ1v) is 6.96. The fourth-order valence-corrected chi connectivity index (χ4v) is 2.59. The highest BCUT2D eigenvalue weighted by Gasteiger charge is 2.16. The average Bonchev–Trinajstić information content (AvgIpc) is 2.83. The summed E-state index contributed by atoms with van der Waals surface area (Å²) in [5.41, 5.74) is 1.01. The lowest BCUT2D eigenvalue weighted by molar-refractivity contribution is 0.580. The van der Waals surface area contributed by atoms with E-state index in [1.165, 1.54) is 6.33 Å². The van der Waals surface area contributed by atoms with Gasteiger partial charge in [0.2, 0.25) is 0 Å². The summed E-state index contributed by atoms with van der Waals surface area (Å²) in [5, 5.41) is 4.31. The Balaban J connectivity index is 2.44. The van der Waals surface area contributed by atoms with Crippen molar-refractivity contribution in [1.29, 1.82) is 0 Å². The quantitative estimate of drug-likeness (QED) is 0.804. The van der Waals surface area contributed by atoms with Crippen LogP contribution in [0.25, 0.3) is 0 Å². The lowest BCUT2D eigenvalue weighted by Gasteiger charge is -2.03. The molecule has 5 nitrogen and oxygen atoms in total. The SMILES string of the molecule is O=S(=O)(c1ccc(CBr)cc1)n1cncn1. The monoisotopic (exact) mass is 301 g/mol. The molecule has 84 valence electrons. The first-order chi connectivity index (χ1) is 7.64. The van der Waals surface area contributed by atoms with Gasteiger partial charge in [-0.1, -0.05) is 28.1 Å². The van der Waals surface area contributed by atoms with Crippen LogP contribution in [0.5, 0.6) is 0 Å². The van der Waals surface area contributed by atoms with E-state index in [-0.39, 0.29) is 4.90 Å². The van der Waals surface area contributed by atoms with Crippen LogP contribution in [0.4, 0.5) is 0 Å². The molecule has 16 heavy (non-hydrogen) atoms. The zero-order chi connectivity index (χ0) is 11.6. The number of aromatic nitrogens is 3. The normalized spacial score (nSPS) is 11.6. The Kier molecular flexibility index (Phi) is 3.06. The van der Waals surface area contributed by atoms with Crippen LogP contribution < -0.4 is 0 Å². The van der Waals surface area contributed by atoms with Crippen molar-refractivity contribution in [2.24, 2.45) is 0 Å². The topological polar surface area (TPSA) is 64.8 Å². The summed E-state index contributed by atoms with van der Waals surface area (Å²) in [4.78, 5) is 3.81. The zero-order valence-corrected chi connectivity index (χ0v) is 10.5. The van der Waals surface area contributed by atoms with Crippen LogP contribution in [-0.4, -0.2) is 22.6 Å². The van der Waals surface area contributed by atoms with Gasteiger partial charge in [-0.05, 0) is 17.7 Å². The highest BCUT2D eigenvalue weighted by atomic mass is 79.9. The van der Waals surface area contributed by atoms with Gasteiger partial charge >= 0.3 is 0 Å². The van der Waals surface area contributed by atoms with E-state index in [9.17, 15) is 8.42 Å². The molecule has 0 spiro atoms. The Bertz CT molecular complexity index is 563. The molecule has 1 aromatic heterocycles. The van der Waals surface area contributed by atoms with Crippen molar-refractivity contribution in [2.45, 2.75) is 10.2 Å². The maximum absolute atomic E-state index is 11.9. The van der Waals surface area contributed by atoms with E-state index in [0.717, 1.165) is 16.0 Å². The molecule has 0 aliphatic rings. The predicted octanol–water partition coefficient (Wildman–Crippen LogP) is 1.41. The van der Waals surface area contributed by atoms with E-state index >= 15 is 0 Å². The smallest absolute Gasteiger partial charge is 0.222 e. The number of benzene rings is 1. The lowest BCUT2D eigenvalue weighted by atomic mass is 10.2. The van der Waals surface area contributed by atoms with E-state index in [1.54, 1.807) is 24.3 Å². The fraction of sp³-hybridized carbons (Fsp3) is 0.111. The Morgan fingerprint density at radius 2 is 1.94 bits per heavy atom. The van der Waals surface area contributed by atoms with Crippen LogP contribution in [0, 0.1) is 0 Å². The maximum Gasteiger partial charge on any atom is 0.284 e. The highest BCUT2D eigenvalue weighted by Crippen LogP contribution is 2.14. The second-order valence-electron chi connectivity index (χ2n) is 3.05. The molecule has 1 heterocycles. The minimum absolute atomic E-state index is 0.197. The van der Waals surface area contributed by atoms with Crippen LogP contribution in [0.3, 0.4) is 0 Å². The van der Waals surface area contributed by atoms with Gasteiger partial charge in [0.25, 0.3) is 10.0 Å². The van der Waals surface area contributed by atoms with Crippen LogP contribution in [0.2, 0.25) is 0 Å². The second kappa shape index (κ2) is 4.34. The summed E-state index contributed by atoms with van der Waals surface area (Å²) in [7, 11) is -3.59. The summed E-state index contributed by atoms with van der Waals surface area (Å²) in [6.45, 7) is 0. The van der Waals surface area contributed by atoms with Gasteiger partial charge in [0.1, 0.15) is 12.7 Å². The number of alkyl halides is 1. The first kappa shape index (κ1) is 11.3. The van der Waals surface area contributed by atoms with Gasteiger partial charge in [0.05, 0.1) is 4.90 Å². The summed E-state index contributed by atoms with van der Waals surface area (Å²) in [5.74, 6) is 0. The average molecular weight is 302 g/mol. The van der Waals surface area contributed by atoms with Crippen molar-refractivity contribution in [1.82, 2.24) is 14.2 Å². The van der Waals surface area contributed by atoms with E-state index in [0.29, 0.717) is 5.33 Å². The molecule has 0 saturated heterocycles. The molecular formula is C9H8BrN3O2S. The molecule has 1 aromatic carbocycles. The summed E-state index contributed by atoms with van der Waals surface area (Å²) < 4.78 is 24.7. The maximum atomic E-state index is 11.9. The molecule has 0 saturated carbocycles. The van der Waals surface area contributed by atoms with Crippen molar-refractivity contribution in [3.63, 3.8) is 0 Å². The van der Waals surface area contributed by atoms with Crippen molar-refractivity contribution in [3.8, 4) is 0 Å². The number of rotatable bonds is 3. The second-order valence-corrected chi connectivity index (χ2v) is 5.41. The molecule has 0 amide bonds. The Morgan fingerprint density at radius 1 is 1.25 bits per heavy atom. The standard InChI is InChI=1S/C9H8BrN3O2S/c10-5-8-1-3-9(4-2-8)16(14,15)13-7-11-6-12-13/h1-4,6-7H,5H2. The molecule has 0 N–H and O–H groups in total. The number of halogens is 1. The molecule has 0 unspecified atom stereocenters. The number of nitrogens with zero attached hydrogens (tertiary/aromatic N) is 3. The van der Waals surface area contributed by atoms with Gasteiger partial charge in [0, 0.05) is 5.33 Å². The molecule has 0 aliphatic carbocycles. The zero-order valence-electron chi connectivity index (χ0n) is 8.12. The molecule has 0 bridgehead atoms. The number of hydrogen-bond acceptors (Lipinski definition) is 4. The minimum atomic E-state index is -3.59. The molecule has 7 heteroatoms. The molecule has 0 aliphatic heterocycles. The van der Waals surface area contributed by atoms with Crippen molar-refractivity contribution in [2.75, 3.05) is 0 Å². The van der Waals surface area contributed by atoms with Crippen LogP contribution in [0.1, 0.15) is 5.56 Å². The highest BCUT2D eigenvalue weighted by molar-refractivity contribution is 9.08. The summed E-state index contributed by atoms with van der Waals surface area (Å²) >= 11 is 3.29. The molecule has 0 atom stereocenters. The van der Waals surface area contributed by atoms with Gasteiger partial charge in [-0.25, -0.2) is 4.98 Å². The molecular weight excluding hydrogens is 294 g/mol. The van der Waals surface area contributed by atoms with Gasteiger partial charge in [0.15, 0.2) is 0 Å². The van der Waals surface area contributed by atoms with Crippen LogP contribution >= 0.6 is 15.9 Å². The minimum Gasteiger partial charge on any atom is -0.222 e. The van der Waals surface area contributed by atoms with E-state index < -0.39 is 10.0 Å². The van der Waals surface area contributed by atoms with Crippen molar-refractivity contribution >= 4 is 26.0 Å². The molecule has 2 rings (SSSR count).